The predicted molar refractivity (Wildman–Crippen MR) is 115 cm³/mol. The third-order valence-electron chi connectivity index (χ3n) is 5.15. The first-order chi connectivity index (χ1) is 14.4. The summed E-state index contributed by atoms with van der Waals surface area (Å²) in [6.07, 6.45) is 0.611. The lowest BCUT2D eigenvalue weighted by atomic mass is 9.73. The minimum Gasteiger partial charge on any atom is -0.424 e. The highest BCUT2D eigenvalue weighted by Gasteiger charge is 2.53. The summed E-state index contributed by atoms with van der Waals surface area (Å²) in [6.45, 7) is 8.59. The Labute approximate surface area is 190 Å². The van der Waals surface area contributed by atoms with E-state index in [0.717, 1.165) is 5.56 Å². The van der Waals surface area contributed by atoms with Gasteiger partial charge in [0.2, 0.25) is 0 Å². The molecule has 3 rings (SSSR count). The van der Waals surface area contributed by atoms with Gasteiger partial charge in [-0.3, -0.25) is 9.59 Å². The lowest BCUT2D eigenvalue weighted by Crippen LogP contribution is -2.58. The van der Waals surface area contributed by atoms with Gasteiger partial charge in [-0.15, -0.1) is 0 Å². The number of aryl methyl sites for hydroxylation is 1. The predicted octanol–water partition coefficient (Wildman–Crippen LogP) is 4.82. The molecule has 2 heterocycles. The SMILES string of the molecule is CCc1ccc(Oc2nc(Cl)c(C#N)c(Cl)n2)cc1C1C(=O)C(C)(C)OC(C)(C)C1=O. The number of nitriles is 1. The van der Waals surface area contributed by atoms with Crippen molar-refractivity contribution in [2.24, 2.45) is 0 Å². The number of aromatic nitrogens is 2. The number of carbonyl (C=O) groups is 2. The Morgan fingerprint density at radius 1 is 1.10 bits per heavy atom. The number of carbonyl (C=O) groups excluding carboxylic acids is 2. The molecule has 2 aromatic rings. The van der Waals surface area contributed by atoms with Gasteiger partial charge in [0.1, 0.15) is 34.5 Å². The molecule has 0 bridgehead atoms. The largest absolute Gasteiger partial charge is 0.424 e. The number of ketones is 2. The topological polar surface area (TPSA) is 102 Å². The van der Waals surface area contributed by atoms with E-state index in [1.165, 1.54) is 0 Å². The van der Waals surface area contributed by atoms with Gasteiger partial charge in [0, 0.05) is 0 Å². The molecule has 1 saturated heterocycles. The molecule has 0 saturated carbocycles. The van der Waals surface area contributed by atoms with E-state index in [4.69, 9.17) is 37.9 Å². The second-order valence-corrected chi connectivity index (χ2v) is 8.89. The highest BCUT2D eigenvalue weighted by Crippen LogP contribution is 2.41. The van der Waals surface area contributed by atoms with Crippen LogP contribution in [0.4, 0.5) is 0 Å². The van der Waals surface area contributed by atoms with Gasteiger partial charge in [-0.25, -0.2) is 0 Å². The highest BCUT2D eigenvalue weighted by atomic mass is 35.5. The van der Waals surface area contributed by atoms with Gasteiger partial charge in [-0.1, -0.05) is 36.2 Å². The van der Waals surface area contributed by atoms with Crippen molar-refractivity contribution in [1.29, 1.82) is 5.26 Å². The summed E-state index contributed by atoms with van der Waals surface area (Å²) in [4.78, 5) is 34.2. The maximum atomic E-state index is 13.2. The molecule has 1 aliphatic heterocycles. The summed E-state index contributed by atoms with van der Waals surface area (Å²) in [5.41, 5.74) is -0.919. The zero-order chi connectivity index (χ0) is 23.1. The van der Waals surface area contributed by atoms with Crippen LogP contribution in [0.3, 0.4) is 0 Å². The van der Waals surface area contributed by atoms with Crippen molar-refractivity contribution in [1.82, 2.24) is 9.97 Å². The molecule has 31 heavy (non-hydrogen) atoms. The van der Waals surface area contributed by atoms with Crippen molar-refractivity contribution in [2.75, 3.05) is 0 Å². The summed E-state index contributed by atoms with van der Waals surface area (Å²) in [7, 11) is 0. The van der Waals surface area contributed by atoms with Gasteiger partial charge in [0.05, 0.1) is 0 Å². The van der Waals surface area contributed by atoms with E-state index < -0.39 is 17.1 Å². The molecule has 0 unspecified atom stereocenters. The van der Waals surface area contributed by atoms with E-state index in [2.05, 4.69) is 9.97 Å². The number of Topliss-reactive ketones (excluding diaryl/α,β-unsaturated/α-hetero) is 2. The Bertz CT molecular complexity index is 1070. The van der Waals surface area contributed by atoms with Gasteiger partial charge in [0.25, 0.3) is 0 Å². The molecule has 1 aliphatic rings. The fourth-order valence-electron chi connectivity index (χ4n) is 3.70. The van der Waals surface area contributed by atoms with Crippen LogP contribution in [0.2, 0.25) is 10.3 Å². The Morgan fingerprint density at radius 3 is 2.13 bits per heavy atom. The molecule has 0 atom stereocenters. The zero-order valence-electron chi connectivity index (χ0n) is 17.7. The molecule has 1 aromatic heterocycles. The first-order valence-corrected chi connectivity index (χ1v) is 10.4. The fraction of sp³-hybridized carbons (Fsp3) is 0.409. The molecule has 9 heteroatoms. The van der Waals surface area contributed by atoms with E-state index in [1.807, 2.05) is 13.0 Å². The molecular formula is C22H21Cl2N3O4. The molecule has 0 radical (unpaired) electrons. The highest BCUT2D eigenvalue weighted by molar-refractivity contribution is 6.35. The maximum absolute atomic E-state index is 13.2. The Hall–Kier alpha value is -2.53. The monoisotopic (exact) mass is 461 g/mol. The van der Waals surface area contributed by atoms with Crippen molar-refractivity contribution in [3.8, 4) is 17.8 Å². The zero-order valence-corrected chi connectivity index (χ0v) is 19.3. The van der Waals surface area contributed by atoms with E-state index >= 15 is 0 Å². The third kappa shape index (κ3) is 4.29. The molecule has 0 spiro atoms. The molecular weight excluding hydrogens is 441 g/mol. The van der Waals surface area contributed by atoms with Crippen LogP contribution in [-0.4, -0.2) is 32.7 Å². The smallest absolute Gasteiger partial charge is 0.324 e. The van der Waals surface area contributed by atoms with Gasteiger partial charge < -0.3 is 9.47 Å². The van der Waals surface area contributed by atoms with Crippen LogP contribution in [0.15, 0.2) is 18.2 Å². The van der Waals surface area contributed by atoms with Gasteiger partial charge >= 0.3 is 6.01 Å². The number of ether oxygens (including phenoxy) is 2. The standard InChI is InChI=1S/C22H21Cl2N3O4/c1-6-11-7-8-12(30-20-26-18(23)14(10-25)19(24)27-20)9-13(11)15-16(28)21(2,3)31-22(4,5)17(15)29/h7-9,15H,6H2,1-5H3. The van der Waals surface area contributed by atoms with Crippen LogP contribution in [0.1, 0.15) is 57.2 Å². The van der Waals surface area contributed by atoms with Crippen molar-refractivity contribution in [3.63, 3.8) is 0 Å². The second kappa shape index (κ2) is 8.19. The number of hydrogen-bond acceptors (Lipinski definition) is 7. The Kier molecular flexibility index (Phi) is 6.12. The van der Waals surface area contributed by atoms with Crippen LogP contribution in [0, 0.1) is 11.3 Å². The number of rotatable bonds is 4. The minimum atomic E-state index is -1.12. The van der Waals surface area contributed by atoms with Crippen molar-refractivity contribution >= 4 is 34.8 Å². The fourth-order valence-corrected chi connectivity index (χ4v) is 4.15. The molecule has 0 amide bonds. The van der Waals surface area contributed by atoms with Gasteiger partial charge in [-0.05, 0) is 57.4 Å². The third-order valence-corrected chi connectivity index (χ3v) is 5.70. The molecule has 0 N–H and O–H groups in total. The van der Waals surface area contributed by atoms with Crippen molar-refractivity contribution < 1.29 is 19.1 Å². The Morgan fingerprint density at radius 2 is 1.65 bits per heavy atom. The second-order valence-electron chi connectivity index (χ2n) is 8.18. The first kappa shape index (κ1) is 23.1. The summed E-state index contributed by atoms with van der Waals surface area (Å²) in [6, 6.07) is 6.74. The molecule has 1 aromatic carbocycles. The quantitative estimate of drug-likeness (QED) is 0.474. The van der Waals surface area contributed by atoms with Crippen molar-refractivity contribution in [3.05, 3.63) is 45.2 Å². The summed E-state index contributed by atoms with van der Waals surface area (Å²) >= 11 is 11.9. The molecule has 162 valence electrons. The van der Waals surface area contributed by atoms with Crippen LogP contribution in [0.25, 0.3) is 0 Å². The summed E-state index contributed by atoms with van der Waals surface area (Å²) in [5.74, 6) is -1.33. The summed E-state index contributed by atoms with van der Waals surface area (Å²) < 4.78 is 11.5. The summed E-state index contributed by atoms with van der Waals surface area (Å²) in [5, 5.41) is 8.76. The maximum Gasteiger partial charge on any atom is 0.324 e. The minimum absolute atomic E-state index is 0.0550. The van der Waals surface area contributed by atoms with Crippen LogP contribution in [0.5, 0.6) is 11.8 Å². The number of hydrogen-bond donors (Lipinski definition) is 0. The average molecular weight is 462 g/mol. The lowest BCUT2D eigenvalue weighted by molar-refractivity contribution is -0.184. The Balaban J connectivity index is 2.07. The number of nitrogens with zero attached hydrogens (tertiary/aromatic N) is 3. The van der Waals surface area contributed by atoms with E-state index in [1.54, 1.807) is 45.9 Å². The molecule has 7 nitrogen and oxygen atoms in total. The number of benzene rings is 1. The molecule has 0 aliphatic carbocycles. The van der Waals surface area contributed by atoms with Gasteiger partial charge in [-0.2, -0.15) is 15.2 Å². The van der Waals surface area contributed by atoms with E-state index in [9.17, 15) is 9.59 Å². The van der Waals surface area contributed by atoms with E-state index in [-0.39, 0.29) is 33.4 Å². The average Bonchev–Trinajstić information content (AvgIpc) is 2.66. The van der Waals surface area contributed by atoms with Crippen LogP contribution >= 0.6 is 23.2 Å². The van der Waals surface area contributed by atoms with Crippen molar-refractivity contribution in [2.45, 2.75) is 58.2 Å². The number of halogens is 2. The van der Waals surface area contributed by atoms with Crippen LogP contribution in [-0.2, 0) is 20.7 Å². The lowest BCUT2D eigenvalue weighted by Gasteiger charge is -2.43. The van der Waals surface area contributed by atoms with Crippen LogP contribution < -0.4 is 4.74 Å². The molecule has 1 fully saturated rings. The van der Waals surface area contributed by atoms with E-state index in [0.29, 0.717) is 17.7 Å². The normalized spacial score (nSPS) is 18.0. The van der Waals surface area contributed by atoms with Gasteiger partial charge in [0.15, 0.2) is 21.9 Å². The first-order valence-electron chi connectivity index (χ1n) is 9.64.